The molecular weight excluding hydrogens is 300 g/mol. The van der Waals surface area contributed by atoms with Crippen LogP contribution in [0.4, 0.5) is 0 Å². The molecule has 0 spiro atoms. The Morgan fingerprint density at radius 3 is 2.50 bits per heavy atom. The number of ether oxygens (including phenoxy) is 1. The summed E-state index contributed by atoms with van der Waals surface area (Å²) in [5.41, 5.74) is 0.857. The van der Waals surface area contributed by atoms with Gasteiger partial charge in [0.1, 0.15) is 0 Å². The van der Waals surface area contributed by atoms with Gasteiger partial charge in [-0.3, -0.25) is 0 Å². The maximum atomic E-state index is 8.50. The minimum absolute atomic E-state index is 0. The summed E-state index contributed by atoms with van der Waals surface area (Å²) in [6.45, 7) is 3.60. The van der Waals surface area contributed by atoms with Gasteiger partial charge >= 0.3 is 0 Å². The third-order valence-electron chi connectivity index (χ3n) is 3.47. The molecule has 0 saturated carbocycles. The monoisotopic (exact) mass is 328 g/mol. The van der Waals surface area contributed by atoms with Crippen LogP contribution >= 0.6 is 0 Å². The van der Waals surface area contributed by atoms with Gasteiger partial charge in [-0.05, 0) is 12.5 Å². The second kappa shape index (κ2) is 14.8. The standard InChI is InChI=1S/C17H28N2O2.ClH/c1-2-3-4-5-6-7-8-9-13-21-16-19-12-10-11-17(15-19)14-18-20;/h10-12,14-15H,2-9,13,16H2,1H3;1H/b18-14+;. The molecule has 1 rings (SSSR count). The highest BCUT2D eigenvalue weighted by atomic mass is 35.5. The summed E-state index contributed by atoms with van der Waals surface area (Å²) in [6.07, 6.45) is 15.8. The minimum Gasteiger partial charge on any atom is -1.00 e. The van der Waals surface area contributed by atoms with Gasteiger partial charge in [-0.15, -0.1) is 0 Å². The molecule has 1 N–H and O–H groups in total. The van der Waals surface area contributed by atoms with Crippen LogP contribution in [0, 0.1) is 0 Å². The first-order valence-corrected chi connectivity index (χ1v) is 8.11. The van der Waals surface area contributed by atoms with E-state index in [-0.39, 0.29) is 12.4 Å². The molecule has 0 aliphatic carbocycles. The third-order valence-corrected chi connectivity index (χ3v) is 3.47. The molecule has 5 heteroatoms. The molecule has 1 aromatic rings. The zero-order valence-electron chi connectivity index (χ0n) is 13.6. The summed E-state index contributed by atoms with van der Waals surface area (Å²) in [6, 6.07) is 3.80. The quantitative estimate of drug-likeness (QED) is 0.204. The lowest BCUT2D eigenvalue weighted by Gasteiger charge is -2.02. The van der Waals surface area contributed by atoms with Gasteiger partial charge in [0.25, 0.3) is 6.73 Å². The summed E-state index contributed by atoms with van der Waals surface area (Å²) in [5, 5.41) is 11.5. The zero-order valence-corrected chi connectivity index (χ0v) is 14.3. The molecule has 22 heavy (non-hydrogen) atoms. The highest BCUT2D eigenvalue weighted by Gasteiger charge is 2.01. The molecule has 0 saturated heterocycles. The molecule has 1 aromatic heterocycles. The van der Waals surface area contributed by atoms with E-state index in [0.29, 0.717) is 6.73 Å². The number of hydrogen-bond acceptors (Lipinski definition) is 3. The van der Waals surface area contributed by atoms with Crippen LogP contribution in [0.1, 0.15) is 63.9 Å². The van der Waals surface area contributed by atoms with Crippen LogP contribution in [0.15, 0.2) is 29.7 Å². The van der Waals surface area contributed by atoms with Crippen LogP contribution in [0.3, 0.4) is 0 Å². The Morgan fingerprint density at radius 2 is 1.82 bits per heavy atom. The highest BCUT2D eigenvalue weighted by molar-refractivity contribution is 5.77. The molecule has 0 amide bonds. The predicted octanol–water partition coefficient (Wildman–Crippen LogP) is 0.901. The second-order valence-corrected chi connectivity index (χ2v) is 5.41. The van der Waals surface area contributed by atoms with Gasteiger partial charge in [-0.25, -0.2) is 0 Å². The number of pyridine rings is 1. The van der Waals surface area contributed by atoms with E-state index >= 15 is 0 Å². The zero-order chi connectivity index (χ0) is 15.2. The molecule has 0 bridgehead atoms. The van der Waals surface area contributed by atoms with Crippen LogP contribution < -0.4 is 17.0 Å². The molecule has 1 heterocycles. The van der Waals surface area contributed by atoms with Crippen molar-refractivity contribution in [2.75, 3.05) is 6.61 Å². The molecule has 0 unspecified atom stereocenters. The van der Waals surface area contributed by atoms with E-state index in [1.165, 1.54) is 51.2 Å². The molecule has 0 aromatic carbocycles. The highest BCUT2D eigenvalue weighted by Crippen LogP contribution is 2.08. The molecular formula is C17H29ClN2O2. The Kier molecular flexibility index (Phi) is 14.0. The summed E-state index contributed by atoms with van der Waals surface area (Å²) in [5.74, 6) is 0. The number of hydrogen-bond donors (Lipinski definition) is 1. The van der Waals surface area contributed by atoms with Gasteiger partial charge < -0.3 is 22.4 Å². The van der Waals surface area contributed by atoms with Gasteiger partial charge in [0.15, 0.2) is 12.4 Å². The SMILES string of the molecule is CCCCCCCCCCOC[n+]1cccc(/C=N/O)c1.[Cl-]. The summed E-state index contributed by atoms with van der Waals surface area (Å²) >= 11 is 0. The van der Waals surface area contributed by atoms with Crippen LogP contribution in [0.2, 0.25) is 0 Å². The van der Waals surface area contributed by atoms with E-state index in [9.17, 15) is 0 Å². The Bertz CT molecular complexity index is 400. The number of aromatic nitrogens is 1. The average Bonchev–Trinajstić information content (AvgIpc) is 2.50. The predicted molar refractivity (Wildman–Crippen MR) is 84.6 cm³/mol. The van der Waals surface area contributed by atoms with E-state index in [1.54, 1.807) is 0 Å². The maximum Gasteiger partial charge on any atom is 0.252 e. The first-order valence-electron chi connectivity index (χ1n) is 8.11. The third kappa shape index (κ3) is 10.6. The van der Waals surface area contributed by atoms with Crippen molar-refractivity contribution in [1.29, 1.82) is 0 Å². The number of rotatable bonds is 12. The number of oxime groups is 1. The molecule has 0 fully saturated rings. The van der Waals surface area contributed by atoms with Crippen LogP contribution in [-0.2, 0) is 11.5 Å². The fraction of sp³-hybridized carbons (Fsp3) is 0.647. The largest absolute Gasteiger partial charge is 1.00 e. The van der Waals surface area contributed by atoms with Crippen molar-refractivity contribution in [3.05, 3.63) is 30.1 Å². The first kappa shape index (κ1) is 20.9. The van der Waals surface area contributed by atoms with Crippen molar-refractivity contribution in [1.82, 2.24) is 0 Å². The first-order chi connectivity index (χ1) is 10.4. The lowest BCUT2D eigenvalue weighted by molar-refractivity contribution is -0.732. The summed E-state index contributed by atoms with van der Waals surface area (Å²) in [4.78, 5) is 0. The van der Waals surface area contributed by atoms with Gasteiger partial charge in [0.05, 0.1) is 18.4 Å². The molecule has 0 radical (unpaired) electrons. The topological polar surface area (TPSA) is 45.7 Å². The number of halogens is 1. The molecule has 0 aliphatic rings. The van der Waals surface area contributed by atoms with Gasteiger partial charge in [-0.1, -0.05) is 57.0 Å². The van der Waals surface area contributed by atoms with E-state index < -0.39 is 0 Å². The summed E-state index contributed by atoms with van der Waals surface area (Å²) in [7, 11) is 0. The van der Waals surface area contributed by atoms with Gasteiger partial charge in [0, 0.05) is 6.07 Å². The van der Waals surface area contributed by atoms with E-state index in [0.717, 1.165) is 18.6 Å². The van der Waals surface area contributed by atoms with E-state index in [1.807, 2.05) is 29.1 Å². The molecule has 0 aliphatic heterocycles. The Balaban J connectivity index is 0.00000441. The molecule has 4 nitrogen and oxygen atoms in total. The minimum atomic E-state index is 0. The van der Waals surface area contributed by atoms with Gasteiger partial charge in [-0.2, -0.15) is 4.57 Å². The smallest absolute Gasteiger partial charge is 0.252 e. The van der Waals surface area contributed by atoms with Crippen molar-refractivity contribution in [2.45, 2.75) is 65.0 Å². The Morgan fingerprint density at radius 1 is 1.14 bits per heavy atom. The maximum absolute atomic E-state index is 8.50. The van der Waals surface area contributed by atoms with E-state index in [2.05, 4.69) is 12.1 Å². The van der Waals surface area contributed by atoms with Crippen LogP contribution in [0.5, 0.6) is 0 Å². The van der Waals surface area contributed by atoms with Crippen LogP contribution in [-0.4, -0.2) is 18.0 Å². The normalized spacial score (nSPS) is 10.8. The van der Waals surface area contributed by atoms with Gasteiger partial charge in [0.2, 0.25) is 0 Å². The van der Waals surface area contributed by atoms with Crippen molar-refractivity contribution in [2.24, 2.45) is 5.16 Å². The number of nitrogens with zero attached hydrogens (tertiary/aromatic N) is 2. The number of unbranched alkanes of at least 4 members (excludes halogenated alkanes) is 7. The summed E-state index contributed by atoms with van der Waals surface area (Å²) < 4.78 is 7.60. The van der Waals surface area contributed by atoms with Crippen molar-refractivity contribution in [3.8, 4) is 0 Å². The second-order valence-electron chi connectivity index (χ2n) is 5.41. The lowest BCUT2D eigenvalue weighted by atomic mass is 10.1. The van der Waals surface area contributed by atoms with Crippen molar-refractivity contribution >= 4 is 6.21 Å². The van der Waals surface area contributed by atoms with Crippen LogP contribution in [0.25, 0.3) is 0 Å². The fourth-order valence-corrected chi connectivity index (χ4v) is 2.27. The Labute approximate surface area is 140 Å². The van der Waals surface area contributed by atoms with E-state index in [4.69, 9.17) is 9.94 Å². The van der Waals surface area contributed by atoms with Crippen molar-refractivity contribution in [3.63, 3.8) is 0 Å². The fourth-order valence-electron chi connectivity index (χ4n) is 2.27. The molecule has 126 valence electrons. The lowest BCUT2D eigenvalue weighted by Crippen LogP contribution is -3.00. The van der Waals surface area contributed by atoms with Crippen molar-refractivity contribution < 1.29 is 26.9 Å². The molecule has 0 atom stereocenters. The average molecular weight is 329 g/mol. The Hall–Kier alpha value is -1.13.